The largest absolute Gasteiger partial charge is 0.374 e. The first kappa shape index (κ1) is 17.2. The van der Waals surface area contributed by atoms with Crippen LogP contribution in [0.1, 0.15) is 22.3 Å². The number of carbonyl (C=O) groups excluding carboxylic acids is 1. The summed E-state index contributed by atoms with van der Waals surface area (Å²) in [6.45, 7) is 3.03. The van der Waals surface area contributed by atoms with Gasteiger partial charge in [0.15, 0.2) is 0 Å². The monoisotopic (exact) mass is 378 g/mol. The highest BCUT2D eigenvalue weighted by Crippen LogP contribution is 2.24. The van der Waals surface area contributed by atoms with Gasteiger partial charge in [0.05, 0.1) is 18.2 Å². The fraction of sp³-hybridized carbons (Fsp3) is 0.381. The Bertz CT molecular complexity index is 1090. The molecule has 0 aliphatic carbocycles. The minimum absolute atomic E-state index is 0.142. The van der Waals surface area contributed by atoms with Crippen LogP contribution in [-0.4, -0.2) is 51.0 Å². The van der Waals surface area contributed by atoms with Gasteiger partial charge in [-0.3, -0.25) is 14.3 Å². The summed E-state index contributed by atoms with van der Waals surface area (Å²) in [6.07, 6.45) is 6.88. The maximum absolute atomic E-state index is 13.3. The van der Waals surface area contributed by atoms with Crippen LogP contribution in [0, 0.1) is 0 Å². The van der Waals surface area contributed by atoms with Gasteiger partial charge in [-0.2, -0.15) is 5.10 Å². The third-order valence-corrected chi connectivity index (χ3v) is 5.62. The molecule has 1 saturated heterocycles. The third-order valence-electron chi connectivity index (χ3n) is 5.62. The van der Waals surface area contributed by atoms with Crippen molar-refractivity contribution in [3.05, 3.63) is 64.2 Å². The zero-order chi connectivity index (χ0) is 19.1. The van der Waals surface area contributed by atoms with Gasteiger partial charge in [0.2, 0.25) is 5.43 Å². The molecule has 3 aromatic rings. The van der Waals surface area contributed by atoms with Crippen LogP contribution in [0.15, 0.2) is 47.7 Å². The number of hydrogen-bond donors (Lipinski definition) is 0. The van der Waals surface area contributed by atoms with E-state index in [-0.39, 0.29) is 23.0 Å². The summed E-state index contributed by atoms with van der Waals surface area (Å²) in [7, 11) is 0. The summed E-state index contributed by atoms with van der Waals surface area (Å²) in [5, 5.41) is 4.86. The van der Waals surface area contributed by atoms with Crippen molar-refractivity contribution in [3.8, 4) is 0 Å². The van der Waals surface area contributed by atoms with Gasteiger partial charge in [-0.25, -0.2) is 0 Å². The minimum Gasteiger partial charge on any atom is -0.374 e. The lowest BCUT2D eigenvalue weighted by Crippen LogP contribution is -2.40. The van der Waals surface area contributed by atoms with Crippen LogP contribution in [0.25, 0.3) is 10.9 Å². The second-order valence-electron chi connectivity index (χ2n) is 7.45. The third kappa shape index (κ3) is 2.92. The van der Waals surface area contributed by atoms with Crippen molar-refractivity contribution in [1.82, 2.24) is 19.2 Å². The Balaban J connectivity index is 1.46. The number of nitrogens with zero attached hydrogens (tertiary/aromatic N) is 4. The average molecular weight is 378 g/mol. The zero-order valence-electron chi connectivity index (χ0n) is 15.6. The van der Waals surface area contributed by atoms with Crippen LogP contribution in [0.2, 0.25) is 0 Å². The molecule has 2 aromatic heterocycles. The maximum Gasteiger partial charge on any atom is 0.259 e. The van der Waals surface area contributed by atoms with Crippen LogP contribution < -0.4 is 5.43 Å². The molecule has 0 radical (unpaired) electrons. The molecule has 1 aromatic carbocycles. The highest BCUT2D eigenvalue weighted by Gasteiger charge is 2.27. The van der Waals surface area contributed by atoms with Crippen molar-refractivity contribution in [2.24, 2.45) is 0 Å². The number of benzene rings is 1. The first-order valence-electron chi connectivity index (χ1n) is 9.74. The summed E-state index contributed by atoms with van der Waals surface area (Å²) in [6, 6.07) is 7.65. The topological polar surface area (TPSA) is 69.4 Å². The number of hydrogen-bond acceptors (Lipinski definition) is 4. The van der Waals surface area contributed by atoms with Gasteiger partial charge in [0.25, 0.3) is 5.91 Å². The number of pyridine rings is 1. The van der Waals surface area contributed by atoms with E-state index in [0.717, 1.165) is 24.9 Å². The first-order valence-corrected chi connectivity index (χ1v) is 9.74. The number of amides is 1. The average Bonchev–Trinajstić information content (AvgIpc) is 3.30. The van der Waals surface area contributed by atoms with Gasteiger partial charge < -0.3 is 14.2 Å². The van der Waals surface area contributed by atoms with Crippen LogP contribution in [0.4, 0.5) is 0 Å². The van der Waals surface area contributed by atoms with Crippen molar-refractivity contribution >= 4 is 16.8 Å². The van der Waals surface area contributed by atoms with E-state index in [9.17, 15) is 9.59 Å². The molecular weight excluding hydrogens is 356 g/mol. The van der Waals surface area contributed by atoms with E-state index >= 15 is 0 Å². The van der Waals surface area contributed by atoms with Crippen molar-refractivity contribution in [3.63, 3.8) is 0 Å². The quantitative estimate of drug-likeness (QED) is 0.695. The van der Waals surface area contributed by atoms with E-state index in [0.29, 0.717) is 31.6 Å². The Morgan fingerprint density at radius 1 is 1.25 bits per heavy atom. The minimum atomic E-state index is -0.205. The Morgan fingerprint density at radius 3 is 3.04 bits per heavy atom. The highest BCUT2D eigenvalue weighted by atomic mass is 16.5. The predicted molar refractivity (Wildman–Crippen MR) is 104 cm³/mol. The summed E-state index contributed by atoms with van der Waals surface area (Å²) in [5.41, 5.74) is 2.23. The van der Waals surface area contributed by atoms with Gasteiger partial charge in [-0.1, -0.05) is 12.1 Å². The van der Waals surface area contributed by atoms with Crippen LogP contribution in [-0.2, 0) is 24.2 Å². The van der Waals surface area contributed by atoms with E-state index < -0.39 is 0 Å². The maximum atomic E-state index is 13.3. The molecule has 2 aliphatic heterocycles. The Labute approximate surface area is 162 Å². The van der Waals surface area contributed by atoms with Gasteiger partial charge in [-0.05, 0) is 30.5 Å². The lowest BCUT2D eigenvalue weighted by Gasteiger charge is -2.24. The molecule has 2 aliphatic rings. The molecule has 0 unspecified atom stereocenters. The molecule has 0 bridgehead atoms. The second-order valence-corrected chi connectivity index (χ2v) is 7.45. The first-order chi connectivity index (χ1) is 13.7. The molecular formula is C21H22N4O3. The van der Waals surface area contributed by atoms with Crippen LogP contribution in [0.3, 0.4) is 0 Å². The van der Waals surface area contributed by atoms with Crippen LogP contribution >= 0.6 is 0 Å². The number of aryl methyl sites for hydroxylation is 2. The second kappa shape index (κ2) is 6.91. The zero-order valence-corrected chi connectivity index (χ0v) is 15.6. The Morgan fingerprint density at radius 2 is 2.18 bits per heavy atom. The standard InChI is InChI=1S/C21H22N4O3/c26-20-17-5-1-4-15-6-10-23(19(15)17)14-18(20)21(27)24-8-3-11-28-16(12-24)13-25-9-2-7-22-25/h1-2,4-5,7,9,14,16H,3,6,8,10-13H2/t16-/m1/s1. The predicted octanol–water partition coefficient (Wildman–Crippen LogP) is 1.69. The molecule has 7 heteroatoms. The van der Waals surface area contributed by atoms with Crippen molar-refractivity contribution in [2.45, 2.75) is 32.0 Å². The van der Waals surface area contributed by atoms with Gasteiger partial charge >= 0.3 is 0 Å². The molecule has 0 saturated carbocycles. The van der Waals surface area contributed by atoms with E-state index in [1.165, 1.54) is 5.56 Å². The number of aromatic nitrogens is 3. The molecule has 1 atom stereocenters. The molecule has 28 heavy (non-hydrogen) atoms. The SMILES string of the molecule is O=C(c1cn2c3c(cccc3c1=O)CC2)N1CCCO[C@@H](Cn2cccn2)C1. The van der Waals surface area contributed by atoms with Crippen molar-refractivity contribution in [1.29, 1.82) is 0 Å². The smallest absolute Gasteiger partial charge is 0.259 e. The molecule has 0 N–H and O–H groups in total. The van der Waals surface area contributed by atoms with Crippen molar-refractivity contribution in [2.75, 3.05) is 19.7 Å². The molecule has 7 nitrogen and oxygen atoms in total. The molecule has 1 amide bonds. The lowest BCUT2D eigenvalue weighted by atomic mass is 10.1. The van der Waals surface area contributed by atoms with Crippen LogP contribution in [0.5, 0.6) is 0 Å². The summed E-state index contributed by atoms with van der Waals surface area (Å²) < 4.78 is 9.77. The Kier molecular flexibility index (Phi) is 4.24. The van der Waals surface area contributed by atoms with Crippen molar-refractivity contribution < 1.29 is 9.53 Å². The summed E-state index contributed by atoms with van der Waals surface area (Å²) in [4.78, 5) is 28.1. The fourth-order valence-corrected chi connectivity index (χ4v) is 4.29. The Hall–Kier alpha value is -2.93. The van der Waals surface area contributed by atoms with E-state index in [4.69, 9.17) is 4.74 Å². The van der Waals surface area contributed by atoms with E-state index in [2.05, 4.69) is 15.7 Å². The van der Waals surface area contributed by atoms with Gasteiger partial charge in [0.1, 0.15) is 5.56 Å². The normalized spacial score (nSPS) is 19.1. The fourth-order valence-electron chi connectivity index (χ4n) is 4.29. The molecule has 4 heterocycles. The molecule has 1 fully saturated rings. The number of ether oxygens (including phenoxy) is 1. The molecule has 5 rings (SSSR count). The summed E-state index contributed by atoms with van der Waals surface area (Å²) in [5.74, 6) is -0.205. The highest BCUT2D eigenvalue weighted by molar-refractivity contribution is 5.98. The molecule has 144 valence electrons. The lowest BCUT2D eigenvalue weighted by molar-refractivity contribution is 0.0367. The van der Waals surface area contributed by atoms with E-state index in [1.54, 1.807) is 17.3 Å². The number of carbonyl (C=O) groups is 1. The number of para-hydroxylation sites is 1. The summed E-state index contributed by atoms with van der Waals surface area (Å²) >= 11 is 0. The molecule has 0 spiro atoms. The van der Waals surface area contributed by atoms with E-state index in [1.807, 2.05) is 29.1 Å². The number of rotatable bonds is 3. The van der Waals surface area contributed by atoms with Gasteiger partial charge in [-0.15, -0.1) is 0 Å². The van der Waals surface area contributed by atoms with Gasteiger partial charge in [0, 0.05) is 50.2 Å².